The highest BCUT2D eigenvalue weighted by molar-refractivity contribution is 8.00. The number of para-hydroxylation sites is 1. The summed E-state index contributed by atoms with van der Waals surface area (Å²) in [6, 6.07) is 7.82. The van der Waals surface area contributed by atoms with Gasteiger partial charge in [0.05, 0.1) is 16.2 Å². The predicted octanol–water partition coefficient (Wildman–Crippen LogP) is 2.60. The molecule has 7 nitrogen and oxygen atoms in total. The molecule has 0 saturated heterocycles. The lowest BCUT2D eigenvalue weighted by Gasteiger charge is -2.13. The lowest BCUT2D eigenvalue weighted by molar-refractivity contribution is -0.120. The first-order valence-electron chi connectivity index (χ1n) is 9.44. The van der Waals surface area contributed by atoms with E-state index >= 15 is 0 Å². The van der Waals surface area contributed by atoms with E-state index in [2.05, 4.69) is 22.4 Å². The van der Waals surface area contributed by atoms with Crippen LogP contribution in [0.25, 0.3) is 16.7 Å². The van der Waals surface area contributed by atoms with Crippen LogP contribution in [0.15, 0.2) is 34.2 Å². The van der Waals surface area contributed by atoms with Gasteiger partial charge < -0.3 is 5.32 Å². The number of fused-ring (bicyclic) bond motifs is 3. The number of hydrogen-bond donors (Lipinski definition) is 1. The zero-order valence-electron chi connectivity index (χ0n) is 15.5. The minimum Gasteiger partial charge on any atom is -0.352 e. The number of amides is 1. The van der Waals surface area contributed by atoms with E-state index in [0.29, 0.717) is 28.9 Å². The highest BCUT2D eigenvalue weighted by atomic mass is 32.2. The molecule has 1 N–H and O–H groups in total. The lowest BCUT2D eigenvalue weighted by atomic mass is 10.2. The number of carbonyl (C=O) groups excluding carboxylic acids is 1. The standard InChI is InChI=1S/C19H23N5O2S/c1-3-4-11-23-17(26)14-7-5-6-8-15(14)24-18(23)21-22-19(24)27-12(2)16(25)20-13-9-10-13/h5-8,12-13H,3-4,9-11H2,1-2H3,(H,20,25). The van der Waals surface area contributed by atoms with Crippen molar-refractivity contribution >= 4 is 34.3 Å². The molecular weight excluding hydrogens is 362 g/mol. The summed E-state index contributed by atoms with van der Waals surface area (Å²) in [5, 5.41) is 12.6. The summed E-state index contributed by atoms with van der Waals surface area (Å²) < 4.78 is 3.59. The molecule has 4 rings (SSSR count). The van der Waals surface area contributed by atoms with Crippen LogP contribution in [0, 0.1) is 0 Å². The molecule has 1 aromatic carbocycles. The highest BCUT2D eigenvalue weighted by Crippen LogP contribution is 2.26. The van der Waals surface area contributed by atoms with Gasteiger partial charge in [-0.2, -0.15) is 0 Å². The summed E-state index contributed by atoms with van der Waals surface area (Å²) in [4.78, 5) is 25.3. The van der Waals surface area contributed by atoms with E-state index in [9.17, 15) is 9.59 Å². The van der Waals surface area contributed by atoms with Crippen LogP contribution in [0.1, 0.15) is 39.5 Å². The Bertz CT molecular complexity index is 1050. The van der Waals surface area contributed by atoms with Crippen molar-refractivity contribution in [3.8, 4) is 0 Å². The molecule has 0 radical (unpaired) electrons. The fourth-order valence-electron chi connectivity index (χ4n) is 3.09. The van der Waals surface area contributed by atoms with Crippen LogP contribution in [-0.4, -0.2) is 36.4 Å². The maximum absolute atomic E-state index is 12.9. The van der Waals surface area contributed by atoms with Crippen LogP contribution < -0.4 is 10.9 Å². The molecule has 2 aromatic heterocycles. The average molecular weight is 385 g/mol. The van der Waals surface area contributed by atoms with Crippen molar-refractivity contribution in [3.05, 3.63) is 34.6 Å². The number of benzene rings is 1. The molecule has 0 aliphatic heterocycles. The van der Waals surface area contributed by atoms with Gasteiger partial charge in [0, 0.05) is 12.6 Å². The van der Waals surface area contributed by atoms with Crippen LogP contribution in [-0.2, 0) is 11.3 Å². The number of unbranched alkanes of at least 4 members (excludes halogenated alkanes) is 1. The predicted molar refractivity (Wildman–Crippen MR) is 106 cm³/mol. The minimum atomic E-state index is -0.284. The number of nitrogens with one attached hydrogen (secondary N) is 1. The number of aryl methyl sites for hydroxylation is 1. The number of carbonyl (C=O) groups is 1. The fraction of sp³-hybridized carbons (Fsp3) is 0.474. The second-order valence-electron chi connectivity index (χ2n) is 6.99. The van der Waals surface area contributed by atoms with E-state index in [0.717, 1.165) is 31.2 Å². The van der Waals surface area contributed by atoms with Crippen LogP contribution in [0.4, 0.5) is 0 Å². The molecule has 1 amide bonds. The largest absolute Gasteiger partial charge is 0.352 e. The fourth-order valence-corrected chi connectivity index (χ4v) is 3.95. The van der Waals surface area contributed by atoms with E-state index in [-0.39, 0.29) is 16.7 Å². The lowest BCUT2D eigenvalue weighted by Crippen LogP contribution is -2.32. The summed E-state index contributed by atoms with van der Waals surface area (Å²) in [5.41, 5.74) is 0.725. The van der Waals surface area contributed by atoms with Crippen LogP contribution in [0.5, 0.6) is 0 Å². The molecule has 3 aromatic rings. The Labute approximate surface area is 161 Å². The molecule has 1 unspecified atom stereocenters. The summed E-state index contributed by atoms with van der Waals surface area (Å²) in [6.45, 7) is 4.57. The third-order valence-corrected chi connectivity index (χ3v) is 5.83. The van der Waals surface area contributed by atoms with Gasteiger partial charge in [0.2, 0.25) is 11.7 Å². The average Bonchev–Trinajstić information content (AvgIpc) is 3.39. The normalized spacial score (nSPS) is 15.3. The first-order chi connectivity index (χ1) is 13.1. The topological polar surface area (TPSA) is 81.3 Å². The Kier molecular flexibility index (Phi) is 4.90. The van der Waals surface area contributed by atoms with Gasteiger partial charge in [-0.05, 0) is 38.3 Å². The molecule has 27 heavy (non-hydrogen) atoms. The molecule has 2 heterocycles. The Morgan fingerprint density at radius 3 is 2.85 bits per heavy atom. The van der Waals surface area contributed by atoms with Gasteiger partial charge in [0.15, 0.2) is 5.16 Å². The Morgan fingerprint density at radius 1 is 1.33 bits per heavy atom. The van der Waals surface area contributed by atoms with Crippen molar-refractivity contribution < 1.29 is 4.79 Å². The van der Waals surface area contributed by atoms with Gasteiger partial charge in [0.25, 0.3) is 5.56 Å². The molecule has 0 bridgehead atoms. The molecule has 1 fully saturated rings. The van der Waals surface area contributed by atoms with Crippen molar-refractivity contribution in [3.63, 3.8) is 0 Å². The van der Waals surface area contributed by atoms with Crippen molar-refractivity contribution in [1.29, 1.82) is 0 Å². The van der Waals surface area contributed by atoms with Gasteiger partial charge in [-0.3, -0.25) is 18.6 Å². The summed E-state index contributed by atoms with van der Waals surface area (Å²) in [6.07, 6.45) is 4.00. The molecular formula is C19H23N5O2S. The van der Waals surface area contributed by atoms with Gasteiger partial charge in [0.1, 0.15) is 0 Å². The number of thioether (sulfide) groups is 1. The monoisotopic (exact) mass is 385 g/mol. The third kappa shape index (κ3) is 3.45. The van der Waals surface area contributed by atoms with Gasteiger partial charge in [-0.25, -0.2) is 0 Å². The number of aromatic nitrogens is 4. The molecule has 1 aliphatic rings. The first kappa shape index (κ1) is 18.0. The second kappa shape index (κ2) is 7.34. The third-order valence-electron chi connectivity index (χ3n) is 4.79. The summed E-state index contributed by atoms with van der Waals surface area (Å²) in [5.74, 6) is 0.548. The zero-order valence-corrected chi connectivity index (χ0v) is 16.3. The van der Waals surface area contributed by atoms with Gasteiger partial charge >= 0.3 is 0 Å². The second-order valence-corrected chi connectivity index (χ2v) is 8.30. The first-order valence-corrected chi connectivity index (χ1v) is 10.3. The highest BCUT2D eigenvalue weighted by Gasteiger charge is 2.27. The van der Waals surface area contributed by atoms with E-state index in [1.807, 2.05) is 35.6 Å². The minimum absolute atomic E-state index is 0.0165. The number of nitrogens with zero attached hydrogens (tertiary/aromatic N) is 4. The van der Waals surface area contributed by atoms with Crippen LogP contribution in [0.3, 0.4) is 0 Å². The molecule has 0 spiro atoms. The molecule has 1 aliphatic carbocycles. The van der Waals surface area contributed by atoms with E-state index in [1.54, 1.807) is 4.57 Å². The SMILES string of the molecule is CCCCn1c(=O)c2ccccc2n2c(SC(C)C(=O)NC3CC3)nnc12. The summed E-state index contributed by atoms with van der Waals surface area (Å²) in [7, 11) is 0. The van der Waals surface area contributed by atoms with Crippen molar-refractivity contribution in [2.45, 2.75) is 62.5 Å². The molecule has 1 atom stereocenters. The maximum atomic E-state index is 12.9. The maximum Gasteiger partial charge on any atom is 0.262 e. The number of rotatable bonds is 7. The van der Waals surface area contributed by atoms with Crippen molar-refractivity contribution in [2.75, 3.05) is 0 Å². The smallest absolute Gasteiger partial charge is 0.262 e. The zero-order chi connectivity index (χ0) is 19.0. The molecule has 8 heteroatoms. The van der Waals surface area contributed by atoms with Crippen molar-refractivity contribution in [1.82, 2.24) is 24.5 Å². The van der Waals surface area contributed by atoms with Gasteiger partial charge in [-0.1, -0.05) is 37.2 Å². The Hall–Kier alpha value is -2.35. The van der Waals surface area contributed by atoms with E-state index < -0.39 is 0 Å². The Balaban J connectivity index is 1.79. The van der Waals surface area contributed by atoms with E-state index in [4.69, 9.17) is 0 Å². The summed E-state index contributed by atoms with van der Waals surface area (Å²) >= 11 is 1.37. The molecule has 1 saturated carbocycles. The van der Waals surface area contributed by atoms with Crippen LogP contribution in [0.2, 0.25) is 0 Å². The van der Waals surface area contributed by atoms with E-state index in [1.165, 1.54) is 11.8 Å². The Morgan fingerprint density at radius 2 is 2.11 bits per heavy atom. The number of hydrogen-bond acceptors (Lipinski definition) is 5. The van der Waals surface area contributed by atoms with Crippen LogP contribution >= 0.6 is 11.8 Å². The quantitative estimate of drug-likeness (QED) is 0.632. The molecule has 142 valence electrons. The van der Waals surface area contributed by atoms with Crippen molar-refractivity contribution in [2.24, 2.45) is 0 Å². The van der Waals surface area contributed by atoms with Gasteiger partial charge in [-0.15, -0.1) is 10.2 Å².